The molecule has 0 radical (unpaired) electrons. The van der Waals surface area contributed by atoms with E-state index in [1.165, 1.54) is 6.20 Å². The van der Waals surface area contributed by atoms with E-state index in [2.05, 4.69) is 10.3 Å². The number of hydrogen-bond donors (Lipinski definition) is 3. The van der Waals surface area contributed by atoms with Crippen LogP contribution >= 0.6 is 0 Å². The van der Waals surface area contributed by atoms with Crippen LogP contribution in [0.2, 0.25) is 0 Å². The van der Waals surface area contributed by atoms with Gasteiger partial charge in [-0.15, -0.1) is 0 Å². The molecule has 20 heavy (non-hydrogen) atoms. The Labute approximate surface area is 118 Å². The van der Waals surface area contributed by atoms with Crippen LogP contribution in [0.5, 0.6) is 0 Å². The zero-order valence-corrected chi connectivity index (χ0v) is 11.7. The van der Waals surface area contributed by atoms with Crippen molar-refractivity contribution in [2.45, 2.75) is 12.8 Å². The van der Waals surface area contributed by atoms with E-state index in [0.717, 1.165) is 19.4 Å². The van der Waals surface area contributed by atoms with Gasteiger partial charge in [-0.05, 0) is 18.9 Å². The van der Waals surface area contributed by atoms with Crippen LogP contribution in [-0.4, -0.2) is 44.4 Å². The Kier molecular flexibility index (Phi) is 7.38. The van der Waals surface area contributed by atoms with Crippen molar-refractivity contribution in [3.8, 4) is 0 Å². The molecule has 7 nitrogen and oxygen atoms in total. The third-order valence-electron chi connectivity index (χ3n) is 2.65. The van der Waals surface area contributed by atoms with Gasteiger partial charge in [-0.1, -0.05) is 0 Å². The first-order chi connectivity index (χ1) is 9.65. The molecular weight excluding hydrogens is 260 g/mol. The molecule has 0 fully saturated rings. The van der Waals surface area contributed by atoms with Gasteiger partial charge in [0.15, 0.2) is 0 Å². The largest absolute Gasteiger partial charge is 0.397 e. The topological polar surface area (TPSA) is 112 Å². The first kappa shape index (κ1) is 16.2. The second-order valence-electron chi connectivity index (χ2n) is 4.26. The van der Waals surface area contributed by atoms with Crippen LogP contribution < -0.4 is 16.8 Å². The highest BCUT2D eigenvalue weighted by molar-refractivity contribution is 5.98. The summed E-state index contributed by atoms with van der Waals surface area (Å²) in [5.74, 6) is 0.0350. The van der Waals surface area contributed by atoms with E-state index in [4.69, 9.17) is 20.9 Å². The van der Waals surface area contributed by atoms with Crippen molar-refractivity contribution in [3.63, 3.8) is 0 Å². The summed E-state index contributed by atoms with van der Waals surface area (Å²) >= 11 is 0. The Bertz CT molecular complexity index is 426. The number of rotatable bonds is 10. The molecule has 0 unspecified atom stereocenters. The van der Waals surface area contributed by atoms with Gasteiger partial charge in [0.25, 0.3) is 5.91 Å². The molecular formula is C13H22N4O3. The van der Waals surface area contributed by atoms with Gasteiger partial charge in [0, 0.05) is 20.3 Å². The predicted octanol–water partition coefficient (Wildman–Crippen LogP) is 0.618. The highest BCUT2D eigenvalue weighted by Gasteiger charge is 2.07. The molecule has 5 N–H and O–H groups in total. The number of amides is 1. The number of nitrogens with zero attached hydrogens (tertiary/aromatic N) is 1. The van der Waals surface area contributed by atoms with Crippen LogP contribution in [-0.2, 0) is 9.47 Å². The average Bonchev–Trinajstić information content (AvgIpc) is 2.43. The quantitative estimate of drug-likeness (QED) is 0.542. The Morgan fingerprint density at radius 3 is 2.85 bits per heavy atom. The van der Waals surface area contributed by atoms with E-state index >= 15 is 0 Å². The maximum absolute atomic E-state index is 11.1. The zero-order chi connectivity index (χ0) is 14.8. The van der Waals surface area contributed by atoms with Gasteiger partial charge in [-0.25, -0.2) is 4.98 Å². The molecule has 7 heteroatoms. The fraction of sp³-hybridized carbons (Fsp3) is 0.538. The molecule has 0 atom stereocenters. The highest BCUT2D eigenvalue weighted by atomic mass is 16.5. The van der Waals surface area contributed by atoms with E-state index < -0.39 is 5.91 Å². The van der Waals surface area contributed by atoms with Crippen molar-refractivity contribution < 1.29 is 14.3 Å². The molecule has 0 bridgehead atoms. The minimum absolute atomic E-state index is 0.283. The molecule has 0 saturated heterocycles. The van der Waals surface area contributed by atoms with Gasteiger partial charge in [0.05, 0.1) is 30.7 Å². The number of nitrogens with two attached hydrogens (primary N) is 2. The van der Waals surface area contributed by atoms with Crippen LogP contribution in [0.15, 0.2) is 12.3 Å². The molecule has 112 valence electrons. The normalized spacial score (nSPS) is 10.4. The van der Waals surface area contributed by atoms with Gasteiger partial charge >= 0.3 is 0 Å². The summed E-state index contributed by atoms with van der Waals surface area (Å²) in [5.41, 5.74) is 11.4. The van der Waals surface area contributed by atoms with Gasteiger partial charge < -0.3 is 26.3 Å². The lowest BCUT2D eigenvalue weighted by Gasteiger charge is -2.08. The van der Waals surface area contributed by atoms with Crippen molar-refractivity contribution in [3.05, 3.63) is 17.8 Å². The fourth-order valence-electron chi connectivity index (χ4n) is 1.57. The predicted molar refractivity (Wildman–Crippen MR) is 77.6 cm³/mol. The number of carbonyl (C=O) groups excluding carboxylic acids is 1. The van der Waals surface area contributed by atoms with Crippen molar-refractivity contribution in [1.29, 1.82) is 0 Å². The van der Waals surface area contributed by atoms with Crippen molar-refractivity contribution in [2.24, 2.45) is 5.73 Å². The van der Waals surface area contributed by atoms with Gasteiger partial charge in [0.1, 0.15) is 5.82 Å². The van der Waals surface area contributed by atoms with Gasteiger partial charge in [-0.3, -0.25) is 4.79 Å². The standard InChI is InChI=1S/C13H22N4O3/c1-19-6-7-20-5-3-2-4-16-12-8-10(13(15)18)11(14)9-17-12/h8-9H,2-7,14H2,1H3,(H2,15,18)(H,16,17). The summed E-state index contributed by atoms with van der Waals surface area (Å²) in [6.45, 7) is 2.67. The van der Waals surface area contributed by atoms with Gasteiger partial charge in [-0.2, -0.15) is 0 Å². The summed E-state index contributed by atoms with van der Waals surface area (Å²) in [6.07, 6.45) is 3.30. The monoisotopic (exact) mass is 282 g/mol. The summed E-state index contributed by atoms with van der Waals surface area (Å²) in [6, 6.07) is 1.56. The number of nitrogen functional groups attached to an aromatic ring is 1. The maximum Gasteiger partial charge on any atom is 0.250 e. The molecule has 0 spiro atoms. The Morgan fingerprint density at radius 1 is 1.35 bits per heavy atom. The molecule has 1 aromatic heterocycles. The third-order valence-corrected chi connectivity index (χ3v) is 2.65. The Hall–Kier alpha value is -1.86. The summed E-state index contributed by atoms with van der Waals surface area (Å²) < 4.78 is 10.2. The van der Waals surface area contributed by atoms with Crippen molar-refractivity contribution in [1.82, 2.24) is 4.98 Å². The summed E-state index contributed by atoms with van der Waals surface area (Å²) in [5, 5.41) is 3.11. The number of nitrogens with one attached hydrogen (secondary N) is 1. The van der Waals surface area contributed by atoms with E-state index in [-0.39, 0.29) is 11.3 Å². The van der Waals surface area contributed by atoms with Crippen LogP contribution in [0, 0.1) is 0 Å². The van der Waals surface area contributed by atoms with E-state index in [1.54, 1.807) is 13.2 Å². The lowest BCUT2D eigenvalue weighted by molar-refractivity contribution is 0.0691. The number of aromatic nitrogens is 1. The van der Waals surface area contributed by atoms with Crippen LogP contribution in [0.25, 0.3) is 0 Å². The number of pyridine rings is 1. The number of carbonyl (C=O) groups is 1. The maximum atomic E-state index is 11.1. The van der Waals surface area contributed by atoms with E-state index in [0.29, 0.717) is 25.6 Å². The summed E-state index contributed by atoms with van der Waals surface area (Å²) in [4.78, 5) is 15.2. The minimum atomic E-state index is -0.556. The van der Waals surface area contributed by atoms with Crippen molar-refractivity contribution >= 4 is 17.4 Å². The molecule has 0 saturated carbocycles. The molecule has 0 aliphatic heterocycles. The molecule has 1 rings (SSSR count). The smallest absolute Gasteiger partial charge is 0.250 e. The molecule has 1 aromatic rings. The fourth-order valence-corrected chi connectivity index (χ4v) is 1.57. The molecule has 1 heterocycles. The summed E-state index contributed by atoms with van der Waals surface area (Å²) in [7, 11) is 1.65. The number of methoxy groups -OCH3 is 1. The number of primary amides is 1. The molecule has 0 aliphatic rings. The number of hydrogen-bond acceptors (Lipinski definition) is 6. The SMILES string of the molecule is COCCOCCCCNc1cc(C(N)=O)c(N)cn1. The average molecular weight is 282 g/mol. The molecule has 0 aromatic carbocycles. The lowest BCUT2D eigenvalue weighted by Crippen LogP contribution is -2.15. The minimum Gasteiger partial charge on any atom is -0.397 e. The zero-order valence-electron chi connectivity index (χ0n) is 11.7. The first-order valence-corrected chi connectivity index (χ1v) is 6.51. The third kappa shape index (κ3) is 5.85. The van der Waals surface area contributed by atoms with Crippen LogP contribution in [0.1, 0.15) is 23.2 Å². The van der Waals surface area contributed by atoms with Crippen LogP contribution in [0.3, 0.4) is 0 Å². The second-order valence-corrected chi connectivity index (χ2v) is 4.26. The number of ether oxygens (including phenoxy) is 2. The lowest BCUT2D eigenvalue weighted by atomic mass is 10.2. The number of unbranched alkanes of at least 4 members (excludes halogenated alkanes) is 1. The van der Waals surface area contributed by atoms with E-state index in [1.807, 2.05) is 0 Å². The first-order valence-electron chi connectivity index (χ1n) is 6.51. The van der Waals surface area contributed by atoms with Gasteiger partial charge in [0.2, 0.25) is 0 Å². The van der Waals surface area contributed by atoms with Crippen molar-refractivity contribution in [2.75, 3.05) is 44.5 Å². The molecule has 1 amide bonds. The van der Waals surface area contributed by atoms with E-state index in [9.17, 15) is 4.79 Å². The van der Waals surface area contributed by atoms with Crippen LogP contribution in [0.4, 0.5) is 11.5 Å². The highest BCUT2D eigenvalue weighted by Crippen LogP contribution is 2.14. The Morgan fingerprint density at radius 2 is 2.15 bits per heavy atom. The molecule has 0 aliphatic carbocycles. The second kappa shape index (κ2) is 9.11. The number of anilines is 2. The Balaban J connectivity index is 2.22.